The quantitative estimate of drug-likeness (QED) is 0.227. The van der Waals surface area contributed by atoms with Crippen molar-refractivity contribution < 1.29 is 32.9 Å². The number of hydrogen-bond donors (Lipinski definition) is 4. The van der Waals surface area contributed by atoms with E-state index in [2.05, 4.69) is 0 Å². The van der Waals surface area contributed by atoms with Gasteiger partial charge in [-0.15, -0.1) is 0 Å². The molecule has 0 aromatic carbocycles. The van der Waals surface area contributed by atoms with E-state index in [9.17, 15) is 0 Å². The van der Waals surface area contributed by atoms with E-state index in [1.807, 2.05) is 0 Å². The zero-order valence-electron chi connectivity index (χ0n) is 3.00. The van der Waals surface area contributed by atoms with Gasteiger partial charge in [-0.05, 0) is 0 Å². The van der Waals surface area contributed by atoms with E-state index in [1.165, 1.54) is 0 Å². The molecule has 8 heteroatoms. The second-order valence-electron chi connectivity index (χ2n) is 0.600. The molecule has 0 amide bonds. The summed E-state index contributed by atoms with van der Waals surface area (Å²) in [4.78, 5) is 0. The summed E-state index contributed by atoms with van der Waals surface area (Å²) in [6.45, 7) is 0. The third kappa shape index (κ3) is 46.6. The van der Waals surface area contributed by atoms with E-state index in [1.54, 1.807) is 0 Å². The monoisotopic (exact) mass is 556 g/mol. The molecule has 0 saturated heterocycles. The van der Waals surface area contributed by atoms with Gasteiger partial charge in [0.15, 0.2) is 0 Å². The Hall–Kier alpha value is 4.53. The van der Waals surface area contributed by atoms with Crippen molar-refractivity contribution >= 4 is 122 Å². The van der Waals surface area contributed by atoms with Crippen molar-refractivity contribution in [2.45, 2.75) is 0 Å². The van der Waals surface area contributed by atoms with Crippen LogP contribution in [0, 0.1) is 0 Å². The van der Waals surface area contributed by atoms with Gasteiger partial charge >= 0.3 is 155 Å². The number of rotatable bonds is 0. The third-order valence-corrected chi connectivity index (χ3v) is 0. The summed E-state index contributed by atoms with van der Waals surface area (Å²) < 4.78 is 29.5. The van der Waals surface area contributed by atoms with Crippen LogP contribution in [-0.4, -0.2) is 136 Å². The Bertz CT molecular complexity index is 31.5. The molecular formula is H10BaO4PbSrTi. The molecule has 0 unspecified atom stereocenters. The maximum absolute atomic E-state index is 7.38. The van der Waals surface area contributed by atoms with Crippen LogP contribution in [0.15, 0.2) is 0 Å². The van der Waals surface area contributed by atoms with E-state index < -0.39 is 18.1 Å². The van der Waals surface area contributed by atoms with Crippen molar-refractivity contribution in [3.05, 3.63) is 0 Å². The topological polar surface area (TPSA) is 80.9 Å². The summed E-state index contributed by atoms with van der Waals surface area (Å²) in [6, 6.07) is 0. The molecule has 0 atom stereocenters. The number of hydrogen-bond acceptors (Lipinski definition) is 4. The second kappa shape index (κ2) is 11.5. The first kappa shape index (κ1) is 22.9. The fourth-order valence-corrected chi connectivity index (χ4v) is 0. The van der Waals surface area contributed by atoms with Crippen molar-refractivity contribution in [1.82, 2.24) is 0 Å². The standard InChI is InChI=1S/Ba.4H2O.Pb.Sr.Ti.6H/h;4*1H2;;;;;;;;;/q;;;;;;;+4;;;;;;/p-4. The molecule has 0 heterocycles. The summed E-state index contributed by atoms with van der Waals surface area (Å²) in [5.74, 6) is 0. The van der Waals surface area contributed by atoms with Gasteiger partial charge in [0.1, 0.15) is 0 Å². The molecule has 0 spiro atoms. The first-order valence-corrected chi connectivity index (χ1v) is 3.69. The van der Waals surface area contributed by atoms with Gasteiger partial charge in [0, 0.05) is 0 Å². The Balaban J connectivity index is -0.0000000267. The summed E-state index contributed by atoms with van der Waals surface area (Å²) in [5, 5.41) is 0. The molecule has 0 rings (SSSR count). The molecule has 2 radical (unpaired) electrons. The van der Waals surface area contributed by atoms with Gasteiger partial charge in [0.25, 0.3) is 0 Å². The van der Waals surface area contributed by atoms with Gasteiger partial charge in [-0.3, -0.25) is 0 Å². The Morgan fingerprint density at radius 2 is 0.875 bits per heavy atom. The maximum atomic E-state index is 7.38. The first-order valence-electron chi connectivity index (χ1n) is 0.894. The molecule has 0 aromatic heterocycles. The van der Waals surface area contributed by atoms with Crippen LogP contribution >= 0.6 is 0 Å². The van der Waals surface area contributed by atoms with E-state index in [0.717, 1.165) is 0 Å². The molecule has 0 aromatic rings. The fraction of sp³-hybridized carbons (Fsp3) is 0. The van der Waals surface area contributed by atoms with Crippen LogP contribution in [0.25, 0.3) is 0 Å². The van der Waals surface area contributed by atoms with E-state index >= 15 is 0 Å². The van der Waals surface area contributed by atoms with Crippen molar-refractivity contribution in [3.8, 4) is 0 Å². The molecule has 0 bridgehead atoms. The molecule has 0 aliphatic carbocycles. The van der Waals surface area contributed by atoms with E-state index in [0.29, 0.717) is 0 Å². The summed E-state index contributed by atoms with van der Waals surface area (Å²) in [6.07, 6.45) is 0. The SMILES string of the molecule is [BaH2].[OH][Ti]([OH])([OH])[OH].[PbH2].[SrH2]. The second-order valence-corrected chi connectivity index (χ2v) is 2.47. The average molecular weight is 554 g/mol. The zero-order chi connectivity index (χ0) is 4.50. The normalized spacial score (nSPS) is 7.50. The van der Waals surface area contributed by atoms with Crippen molar-refractivity contribution in [2.24, 2.45) is 0 Å². The fourth-order valence-electron chi connectivity index (χ4n) is 0. The van der Waals surface area contributed by atoms with Gasteiger partial charge in [-0.2, -0.15) is 0 Å². The molecule has 46 valence electrons. The molecule has 8 heavy (non-hydrogen) atoms. The summed E-state index contributed by atoms with van der Waals surface area (Å²) in [7, 11) is 0. The van der Waals surface area contributed by atoms with E-state index in [4.69, 9.17) is 14.8 Å². The molecule has 0 aliphatic rings. The predicted molar refractivity (Wildman–Crippen MR) is 34.5 cm³/mol. The zero-order valence-corrected chi connectivity index (χ0v) is 10.1. The van der Waals surface area contributed by atoms with Crippen molar-refractivity contribution in [2.75, 3.05) is 0 Å². The van der Waals surface area contributed by atoms with Crippen LogP contribution in [0.1, 0.15) is 0 Å². The van der Waals surface area contributed by atoms with Gasteiger partial charge < -0.3 is 0 Å². The van der Waals surface area contributed by atoms with Crippen LogP contribution in [0.4, 0.5) is 0 Å². The van der Waals surface area contributed by atoms with E-state index in [-0.39, 0.29) is 122 Å². The Morgan fingerprint density at radius 3 is 0.875 bits per heavy atom. The summed E-state index contributed by atoms with van der Waals surface area (Å²) in [5.41, 5.74) is 0. The van der Waals surface area contributed by atoms with Crippen LogP contribution in [-0.2, 0) is 18.1 Å². The Kier molecular flexibility index (Phi) is 33.0. The van der Waals surface area contributed by atoms with Crippen LogP contribution in [0.5, 0.6) is 0 Å². The van der Waals surface area contributed by atoms with Gasteiger partial charge in [-0.25, -0.2) is 0 Å². The first-order chi connectivity index (χ1) is 2.00. The van der Waals surface area contributed by atoms with Gasteiger partial charge in [0.05, 0.1) is 0 Å². The molecule has 4 N–H and O–H groups in total. The van der Waals surface area contributed by atoms with Gasteiger partial charge in [0.2, 0.25) is 0 Å². The molecular weight excluding hydrogens is 544 g/mol. The van der Waals surface area contributed by atoms with Crippen LogP contribution in [0.2, 0.25) is 0 Å². The van der Waals surface area contributed by atoms with Crippen molar-refractivity contribution in [1.29, 1.82) is 0 Å². The van der Waals surface area contributed by atoms with Gasteiger partial charge in [-0.1, -0.05) is 0 Å². The molecule has 0 saturated carbocycles. The summed E-state index contributed by atoms with van der Waals surface area (Å²) >= 11 is -5.00. The van der Waals surface area contributed by atoms with Crippen LogP contribution in [0.3, 0.4) is 0 Å². The Morgan fingerprint density at radius 1 is 0.875 bits per heavy atom. The predicted octanol–water partition coefficient (Wildman–Crippen LogP) is -4.98. The van der Waals surface area contributed by atoms with Crippen molar-refractivity contribution in [3.63, 3.8) is 0 Å². The minimum atomic E-state index is -5.00. The minimum absolute atomic E-state index is 0. The average Bonchev–Trinajstić information content (AvgIpc) is 0.722. The third-order valence-electron chi connectivity index (χ3n) is 0. The van der Waals surface area contributed by atoms with Crippen LogP contribution < -0.4 is 0 Å². The molecule has 0 aliphatic heterocycles. The Labute approximate surface area is 150 Å². The molecule has 4 nitrogen and oxygen atoms in total. The molecule has 0 fully saturated rings.